The second-order valence-electron chi connectivity index (χ2n) is 5.12. The van der Waals surface area contributed by atoms with Crippen LogP contribution in [0.25, 0.3) is 0 Å². The van der Waals surface area contributed by atoms with Gasteiger partial charge in [-0.15, -0.1) is 0 Å². The Morgan fingerprint density at radius 3 is 2.70 bits per heavy atom. The second-order valence-corrected chi connectivity index (χ2v) is 5.12. The zero-order valence-electron chi connectivity index (χ0n) is 12.3. The van der Waals surface area contributed by atoms with Crippen molar-refractivity contribution in [2.24, 2.45) is 5.73 Å². The summed E-state index contributed by atoms with van der Waals surface area (Å²) >= 11 is 0. The number of rotatable bonds is 5. The first kappa shape index (κ1) is 14.5. The summed E-state index contributed by atoms with van der Waals surface area (Å²) in [6.07, 6.45) is 2.88. The number of aryl methyl sites for hydroxylation is 1. The molecule has 0 aliphatic heterocycles. The van der Waals surface area contributed by atoms with Crippen molar-refractivity contribution in [2.75, 3.05) is 0 Å². The van der Waals surface area contributed by atoms with E-state index < -0.39 is 0 Å². The molecular formula is C17H22N2O. The number of hydrogen-bond acceptors (Lipinski definition) is 3. The van der Waals surface area contributed by atoms with Gasteiger partial charge >= 0.3 is 0 Å². The fourth-order valence-corrected chi connectivity index (χ4v) is 2.24. The van der Waals surface area contributed by atoms with Gasteiger partial charge in [-0.2, -0.15) is 0 Å². The Labute approximate surface area is 120 Å². The molecule has 0 fully saturated rings. The van der Waals surface area contributed by atoms with Gasteiger partial charge in [0.2, 0.25) is 0 Å². The van der Waals surface area contributed by atoms with Crippen LogP contribution in [0.3, 0.4) is 0 Å². The Morgan fingerprint density at radius 2 is 2.00 bits per heavy atom. The lowest BCUT2D eigenvalue weighted by atomic mass is 9.99. The number of hydrogen-bond donors (Lipinski definition) is 1. The van der Waals surface area contributed by atoms with Crippen molar-refractivity contribution in [3.63, 3.8) is 0 Å². The van der Waals surface area contributed by atoms with Gasteiger partial charge in [-0.1, -0.05) is 25.1 Å². The topological polar surface area (TPSA) is 48.1 Å². The summed E-state index contributed by atoms with van der Waals surface area (Å²) in [7, 11) is 0. The van der Waals surface area contributed by atoms with Crippen LogP contribution in [0.15, 0.2) is 42.6 Å². The predicted octanol–water partition coefficient (Wildman–Crippen LogP) is 3.48. The molecule has 1 unspecified atom stereocenters. The molecule has 1 aromatic carbocycles. The number of nitrogens with zero attached hydrogens (tertiary/aromatic N) is 1. The number of nitrogens with two attached hydrogens (primary N) is 1. The average molecular weight is 270 g/mol. The molecule has 3 heteroatoms. The number of benzene rings is 1. The minimum atomic E-state index is -0.220. The lowest BCUT2D eigenvalue weighted by molar-refractivity contribution is 0.242. The molecule has 0 bridgehead atoms. The summed E-state index contributed by atoms with van der Waals surface area (Å²) in [5.41, 5.74) is 9.53. The van der Waals surface area contributed by atoms with E-state index in [9.17, 15) is 0 Å². The van der Waals surface area contributed by atoms with Crippen molar-refractivity contribution in [1.29, 1.82) is 0 Å². The Kier molecular flexibility index (Phi) is 4.74. The van der Waals surface area contributed by atoms with Gasteiger partial charge < -0.3 is 10.5 Å². The van der Waals surface area contributed by atoms with Crippen molar-refractivity contribution in [3.8, 4) is 5.75 Å². The van der Waals surface area contributed by atoms with Crippen LogP contribution in [0.5, 0.6) is 5.75 Å². The molecule has 0 saturated heterocycles. The molecule has 1 aromatic heterocycles. The van der Waals surface area contributed by atoms with E-state index in [1.165, 1.54) is 5.56 Å². The van der Waals surface area contributed by atoms with Crippen LogP contribution in [0.2, 0.25) is 0 Å². The molecular weight excluding hydrogens is 248 g/mol. The SMILES string of the molecule is CCc1cccnc1C(N)c1cccc(OC(C)C)c1. The molecule has 0 saturated carbocycles. The lowest BCUT2D eigenvalue weighted by Gasteiger charge is -2.17. The van der Waals surface area contributed by atoms with Crippen molar-refractivity contribution < 1.29 is 4.74 Å². The van der Waals surface area contributed by atoms with E-state index in [1.807, 2.05) is 44.2 Å². The molecule has 2 aromatic rings. The van der Waals surface area contributed by atoms with Crippen molar-refractivity contribution in [1.82, 2.24) is 4.98 Å². The summed E-state index contributed by atoms with van der Waals surface area (Å²) in [5, 5.41) is 0. The van der Waals surface area contributed by atoms with E-state index in [4.69, 9.17) is 10.5 Å². The third kappa shape index (κ3) is 3.36. The quantitative estimate of drug-likeness (QED) is 0.905. The molecule has 1 atom stereocenters. The molecule has 0 aliphatic carbocycles. The minimum absolute atomic E-state index is 0.155. The van der Waals surface area contributed by atoms with Gasteiger partial charge in [0.1, 0.15) is 5.75 Å². The highest BCUT2D eigenvalue weighted by atomic mass is 16.5. The van der Waals surface area contributed by atoms with Gasteiger partial charge in [0, 0.05) is 6.20 Å². The maximum atomic E-state index is 6.37. The highest BCUT2D eigenvalue weighted by molar-refractivity contribution is 5.36. The summed E-state index contributed by atoms with van der Waals surface area (Å²) in [6, 6.07) is 11.8. The van der Waals surface area contributed by atoms with E-state index >= 15 is 0 Å². The summed E-state index contributed by atoms with van der Waals surface area (Å²) in [6.45, 7) is 6.15. The van der Waals surface area contributed by atoms with Crippen LogP contribution in [-0.4, -0.2) is 11.1 Å². The molecule has 0 aliphatic rings. The van der Waals surface area contributed by atoms with Crippen molar-refractivity contribution >= 4 is 0 Å². The molecule has 2 rings (SSSR count). The largest absolute Gasteiger partial charge is 0.491 e. The summed E-state index contributed by atoms with van der Waals surface area (Å²) < 4.78 is 5.72. The van der Waals surface area contributed by atoms with Crippen LogP contribution >= 0.6 is 0 Å². The van der Waals surface area contributed by atoms with Crippen LogP contribution in [0.1, 0.15) is 43.6 Å². The van der Waals surface area contributed by atoms with E-state index in [0.717, 1.165) is 23.4 Å². The van der Waals surface area contributed by atoms with Crippen LogP contribution in [0, 0.1) is 0 Å². The Bertz CT molecular complexity index is 566. The average Bonchev–Trinajstić information content (AvgIpc) is 2.46. The Hall–Kier alpha value is -1.87. The molecule has 2 N–H and O–H groups in total. The fraction of sp³-hybridized carbons (Fsp3) is 0.353. The maximum Gasteiger partial charge on any atom is 0.120 e. The van der Waals surface area contributed by atoms with Crippen molar-refractivity contribution in [2.45, 2.75) is 39.3 Å². The number of aromatic nitrogens is 1. The standard InChI is InChI=1S/C17H22N2O/c1-4-13-8-6-10-19-17(13)16(18)14-7-5-9-15(11-14)20-12(2)3/h5-12,16H,4,18H2,1-3H3. The van der Waals surface area contributed by atoms with E-state index in [2.05, 4.69) is 18.0 Å². The summed E-state index contributed by atoms with van der Waals surface area (Å²) in [5.74, 6) is 0.849. The van der Waals surface area contributed by atoms with E-state index in [0.29, 0.717) is 0 Å². The van der Waals surface area contributed by atoms with Gasteiger partial charge in [-0.25, -0.2) is 0 Å². The first-order chi connectivity index (χ1) is 9.61. The predicted molar refractivity (Wildman–Crippen MR) is 81.9 cm³/mol. The normalized spacial score (nSPS) is 12.4. The molecule has 0 radical (unpaired) electrons. The first-order valence-electron chi connectivity index (χ1n) is 7.07. The van der Waals surface area contributed by atoms with Crippen LogP contribution in [0.4, 0.5) is 0 Å². The third-order valence-corrected chi connectivity index (χ3v) is 3.19. The molecule has 106 valence electrons. The highest BCUT2D eigenvalue weighted by Gasteiger charge is 2.14. The smallest absolute Gasteiger partial charge is 0.120 e. The summed E-state index contributed by atoms with van der Waals surface area (Å²) in [4.78, 5) is 4.45. The lowest BCUT2D eigenvalue weighted by Crippen LogP contribution is -2.16. The van der Waals surface area contributed by atoms with Crippen LogP contribution in [-0.2, 0) is 6.42 Å². The second kappa shape index (κ2) is 6.53. The molecule has 1 heterocycles. The van der Waals surface area contributed by atoms with E-state index in [-0.39, 0.29) is 12.1 Å². The van der Waals surface area contributed by atoms with E-state index in [1.54, 1.807) is 6.20 Å². The molecule has 20 heavy (non-hydrogen) atoms. The molecule has 3 nitrogen and oxygen atoms in total. The first-order valence-corrected chi connectivity index (χ1v) is 7.07. The van der Waals surface area contributed by atoms with Gasteiger partial charge in [0.15, 0.2) is 0 Å². The van der Waals surface area contributed by atoms with Gasteiger partial charge in [0.05, 0.1) is 17.8 Å². The van der Waals surface area contributed by atoms with Crippen LogP contribution < -0.4 is 10.5 Å². The zero-order chi connectivity index (χ0) is 14.5. The fourth-order valence-electron chi connectivity index (χ4n) is 2.24. The number of pyridine rings is 1. The Morgan fingerprint density at radius 1 is 1.20 bits per heavy atom. The number of ether oxygens (including phenoxy) is 1. The van der Waals surface area contributed by atoms with Gasteiger partial charge in [-0.3, -0.25) is 4.98 Å². The van der Waals surface area contributed by atoms with Crippen molar-refractivity contribution in [3.05, 3.63) is 59.4 Å². The van der Waals surface area contributed by atoms with Gasteiger partial charge in [0.25, 0.3) is 0 Å². The third-order valence-electron chi connectivity index (χ3n) is 3.19. The monoisotopic (exact) mass is 270 g/mol. The van der Waals surface area contributed by atoms with Gasteiger partial charge in [-0.05, 0) is 49.6 Å². The zero-order valence-corrected chi connectivity index (χ0v) is 12.3. The molecule has 0 spiro atoms. The Balaban J connectivity index is 2.30. The minimum Gasteiger partial charge on any atom is -0.491 e. The maximum absolute atomic E-state index is 6.37. The highest BCUT2D eigenvalue weighted by Crippen LogP contribution is 2.24. The molecule has 0 amide bonds.